The molecule has 6 nitrogen and oxygen atoms in total. The Hall–Kier alpha value is -2.86. The van der Waals surface area contributed by atoms with Crippen molar-refractivity contribution in [3.8, 4) is 5.75 Å². The Labute approximate surface area is 172 Å². The first kappa shape index (κ1) is 20.9. The number of nitrogens with one attached hydrogen (secondary N) is 1. The maximum Gasteiger partial charge on any atom is 0.238 e. The summed E-state index contributed by atoms with van der Waals surface area (Å²) in [5.41, 5.74) is 2.02. The minimum atomic E-state index is -0.0121. The lowest BCUT2D eigenvalue weighted by Crippen LogP contribution is -2.50. The largest absolute Gasteiger partial charge is 0.493 e. The van der Waals surface area contributed by atoms with Gasteiger partial charge in [0, 0.05) is 31.9 Å². The Balaban J connectivity index is 1.37. The first-order valence-electron chi connectivity index (χ1n) is 10.2. The molecule has 0 atom stereocenters. The Morgan fingerprint density at radius 1 is 0.966 bits per heavy atom. The zero-order valence-electron chi connectivity index (χ0n) is 17.0. The van der Waals surface area contributed by atoms with Gasteiger partial charge >= 0.3 is 0 Å². The van der Waals surface area contributed by atoms with Gasteiger partial charge in [-0.1, -0.05) is 43.3 Å². The third kappa shape index (κ3) is 6.32. The molecule has 2 aromatic rings. The summed E-state index contributed by atoms with van der Waals surface area (Å²) in [6, 6.07) is 17.4. The number of ether oxygens (including phenoxy) is 1. The number of para-hydroxylation sites is 2. The summed E-state index contributed by atoms with van der Waals surface area (Å²) in [4.78, 5) is 28.7. The van der Waals surface area contributed by atoms with Crippen LogP contribution in [0.2, 0.25) is 0 Å². The molecule has 6 heteroatoms. The second kappa shape index (κ2) is 10.6. The Bertz CT molecular complexity index is 802. The van der Waals surface area contributed by atoms with Crippen LogP contribution in [0.3, 0.4) is 0 Å². The second-order valence-corrected chi connectivity index (χ2v) is 7.13. The van der Waals surface area contributed by atoms with E-state index in [1.54, 1.807) is 0 Å². The van der Waals surface area contributed by atoms with Crippen LogP contribution in [0.4, 0.5) is 5.69 Å². The van der Waals surface area contributed by atoms with E-state index in [4.69, 9.17) is 4.74 Å². The van der Waals surface area contributed by atoms with Crippen molar-refractivity contribution in [3.63, 3.8) is 0 Å². The van der Waals surface area contributed by atoms with E-state index in [2.05, 4.69) is 17.1 Å². The molecule has 154 valence electrons. The molecule has 2 amide bonds. The maximum atomic E-state index is 12.4. The highest BCUT2D eigenvalue weighted by Crippen LogP contribution is 2.15. The van der Waals surface area contributed by atoms with Crippen LogP contribution in [-0.4, -0.2) is 60.9 Å². The minimum Gasteiger partial charge on any atom is -0.493 e. The fraction of sp³-hybridized carbons (Fsp3) is 0.391. The molecule has 1 saturated heterocycles. The first-order valence-corrected chi connectivity index (χ1v) is 10.2. The number of nitrogens with zero attached hydrogens (tertiary/aromatic N) is 2. The number of hydrogen-bond acceptors (Lipinski definition) is 4. The number of piperazine rings is 1. The molecule has 2 aromatic carbocycles. The normalized spacial score (nSPS) is 14.4. The fourth-order valence-electron chi connectivity index (χ4n) is 3.43. The highest BCUT2D eigenvalue weighted by molar-refractivity contribution is 5.93. The maximum absolute atomic E-state index is 12.4. The van der Waals surface area contributed by atoms with Crippen molar-refractivity contribution >= 4 is 17.5 Å². The van der Waals surface area contributed by atoms with Crippen molar-refractivity contribution in [2.75, 3.05) is 44.6 Å². The first-order chi connectivity index (χ1) is 14.2. The summed E-state index contributed by atoms with van der Waals surface area (Å²) in [5, 5.41) is 3.01. The standard InChI is InChI=1S/C23H29N3O3/c1-2-19-8-6-7-11-21(19)24-22(27)18-25-13-15-26(16-14-25)23(28)12-17-29-20-9-4-3-5-10-20/h3-11H,2,12-18H2,1H3,(H,24,27). The van der Waals surface area contributed by atoms with Gasteiger partial charge in [-0.15, -0.1) is 0 Å². The molecule has 0 spiro atoms. The molecule has 0 unspecified atom stereocenters. The van der Waals surface area contributed by atoms with Gasteiger partial charge in [0.25, 0.3) is 0 Å². The third-order valence-corrected chi connectivity index (χ3v) is 5.09. The van der Waals surface area contributed by atoms with E-state index < -0.39 is 0 Å². The van der Waals surface area contributed by atoms with E-state index in [-0.39, 0.29) is 11.8 Å². The predicted octanol–water partition coefficient (Wildman–Crippen LogP) is 2.80. The number of anilines is 1. The topological polar surface area (TPSA) is 61.9 Å². The molecule has 1 N–H and O–H groups in total. The van der Waals surface area contributed by atoms with Gasteiger partial charge in [0.2, 0.25) is 11.8 Å². The van der Waals surface area contributed by atoms with Crippen LogP contribution in [0.1, 0.15) is 18.9 Å². The van der Waals surface area contributed by atoms with Crippen molar-refractivity contribution in [2.45, 2.75) is 19.8 Å². The summed E-state index contributed by atoms with van der Waals surface area (Å²) in [6.45, 7) is 5.49. The Morgan fingerprint density at radius 3 is 2.38 bits per heavy atom. The lowest BCUT2D eigenvalue weighted by molar-refractivity contribution is -0.133. The Kier molecular flexibility index (Phi) is 7.64. The molecule has 1 heterocycles. The van der Waals surface area contributed by atoms with E-state index in [1.165, 1.54) is 0 Å². The van der Waals surface area contributed by atoms with Crippen LogP contribution in [0.5, 0.6) is 5.75 Å². The van der Waals surface area contributed by atoms with Crippen LogP contribution in [-0.2, 0) is 16.0 Å². The van der Waals surface area contributed by atoms with Gasteiger partial charge in [0.1, 0.15) is 5.75 Å². The van der Waals surface area contributed by atoms with E-state index >= 15 is 0 Å². The molecule has 1 fully saturated rings. The van der Waals surface area contributed by atoms with Gasteiger partial charge in [-0.2, -0.15) is 0 Å². The zero-order chi connectivity index (χ0) is 20.5. The summed E-state index contributed by atoms with van der Waals surface area (Å²) < 4.78 is 5.61. The number of aryl methyl sites for hydroxylation is 1. The van der Waals surface area contributed by atoms with Gasteiger partial charge in [0.05, 0.1) is 19.6 Å². The van der Waals surface area contributed by atoms with Crippen LogP contribution >= 0.6 is 0 Å². The molecule has 3 rings (SSSR count). The smallest absolute Gasteiger partial charge is 0.238 e. The van der Waals surface area contributed by atoms with Gasteiger partial charge in [-0.05, 0) is 30.2 Å². The molecule has 0 aromatic heterocycles. The molecule has 1 aliphatic heterocycles. The van der Waals surface area contributed by atoms with Crippen molar-refractivity contribution in [1.29, 1.82) is 0 Å². The van der Waals surface area contributed by atoms with Crippen molar-refractivity contribution in [2.24, 2.45) is 0 Å². The number of hydrogen-bond donors (Lipinski definition) is 1. The zero-order valence-corrected chi connectivity index (χ0v) is 17.0. The molecule has 0 saturated carbocycles. The van der Waals surface area contributed by atoms with Gasteiger partial charge in [0.15, 0.2) is 0 Å². The molecule has 0 bridgehead atoms. The SMILES string of the molecule is CCc1ccccc1NC(=O)CN1CCN(C(=O)CCOc2ccccc2)CC1. The monoisotopic (exact) mass is 395 g/mol. The van der Waals surface area contributed by atoms with Crippen LogP contribution in [0.25, 0.3) is 0 Å². The lowest BCUT2D eigenvalue weighted by Gasteiger charge is -2.34. The average Bonchev–Trinajstić information content (AvgIpc) is 2.75. The van der Waals surface area contributed by atoms with Gasteiger partial charge < -0.3 is 15.0 Å². The molecular formula is C23H29N3O3. The summed E-state index contributed by atoms with van der Waals surface area (Å²) in [5.74, 6) is 0.865. The number of carbonyl (C=O) groups is 2. The average molecular weight is 396 g/mol. The van der Waals surface area contributed by atoms with Crippen molar-refractivity contribution in [3.05, 3.63) is 60.2 Å². The number of carbonyl (C=O) groups excluding carboxylic acids is 2. The fourth-order valence-corrected chi connectivity index (χ4v) is 3.43. The van der Waals surface area contributed by atoms with Gasteiger partial charge in [-0.3, -0.25) is 14.5 Å². The van der Waals surface area contributed by atoms with E-state index in [0.29, 0.717) is 45.8 Å². The molecule has 0 aliphatic carbocycles. The highest BCUT2D eigenvalue weighted by atomic mass is 16.5. The lowest BCUT2D eigenvalue weighted by atomic mass is 10.1. The van der Waals surface area contributed by atoms with Crippen LogP contribution in [0.15, 0.2) is 54.6 Å². The minimum absolute atomic E-state index is 0.0121. The summed E-state index contributed by atoms with van der Waals surface area (Å²) in [7, 11) is 0. The number of benzene rings is 2. The molecule has 0 radical (unpaired) electrons. The van der Waals surface area contributed by atoms with Gasteiger partial charge in [-0.25, -0.2) is 0 Å². The van der Waals surface area contributed by atoms with Crippen LogP contribution in [0, 0.1) is 0 Å². The Morgan fingerprint density at radius 2 is 1.66 bits per heavy atom. The van der Waals surface area contributed by atoms with Crippen molar-refractivity contribution < 1.29 is 14.3 Å². The summed E-state index contributed by atoms with van der Waals surface area (Å²) in [6.07, 6.45) is 1.24. The summed E-state index contributed by atoms with van der Waals surface area (Å²) >= 11 is 0. The van der Waals surface area contributed by atoms with E-state index in [0.717, 1.165) is 23.4 Å². The van der Waals surface area contributed by atoms with Crippen LogP contribution < -0.4 is 10.1 Å². The molecule has 1 aliphatic rings. The quantitative estimate of drug-likeness (QED) is 0.747. The third-order valence-electron chi connectivity index (χ3n) is 5.09. The number of rotatable bonds is 8. The molecular weight excluding hydrogens is 366 g/mol. The van der Waals surface area contributed by atoms with E-state index in [1.807, 2.05) is 59.5 Å². The molecule has 29 heavy (non-hydrogen) atoms. The highest BCUT2D eigenvalue weighted by Gasteiger charge is 2.22. The predicted molar refractivity (Wildman–Crippen MR) is 114 cm³/mol. The van der Waals surface area contributed by atoms with E-state index in [9.17, 15) is 9.59 Å². The number of amides is 2. The van der Waals surface area contributed by atoms with Crippen molar-refractivity contribution in [1.82, 2.24) is 9.80 Å². The second-order valence-electron chi connectivity index (χ2n) is 7.13.